The zero-order chi connectivity index (χ0) is 15.2. The lowest BCUT2D eigenvalue weighted by atomic mass is 10.3. The fourth-order valence-electron chi connectivity index (χ4n) is 1.58. The maximum absolute atomic E-state index is 11.9. The summed E-state index contributed by atoms with van der Waals surface area (Å²) in [6, 6.07) is 6.62. The Labute approximate surface area is 120 Å². The second kappa shape index (κ2) is 7.58. The molecule has 0 heterocycles. The lowest BCUT2D eigenvalue weighted by Gasteiger charge is -2.16. The fourth-order valence-corrected chi connectivity index (χ4v) is 2.49. The molecule has 7 heteroatoms. The van der Waals surface area contributed by atoms with Crippen LogP contribution >= 0.6 is 0 Å². The molecule has 0 saturated heterocycles. The van der Waals surface area contributed by atoms with Crippen LogP contribution in [-0.4, -0.2) is 60.3 Å². The summed E-state index contributed by atoms with van der Waals surface area (Å²) in [7, 11) is 2.88. The number of benzene rings is 1. The summed E-state index contributed by atoms with van der Waals surface area (Å²) in [5.41, 5.74) is 0.834. The molecule has 0 aliphatic heterocycles. The van der Waals surface area contributed by atoms with Crippen LogP contribution in [0, 0.1) is 0 Å². The van der Waals surface area contributed by atoms with Crippen molar-refractivity contribution in [2.45, 2.75) is 11.0 Å². The van der Waals surface area contributed by atoms with Gasteiger partial charge in [-0.25, -0.2) is 12.7 Å². The maximum atomic E-state index is 11.9. The van der Waals surface area contributed by atoms with Crippen LogP contribution in [0.2, 0.25) is 0 Å². The third kappa shape index (κ3) is 4.45. The number of ether oxygens (including phenoxy) is 2. The monoisotopic (exact) mass is 302 g/mol. The number of anilines is 1. The van der Waals surface area contributed by atoms with Crippen LogP contribution in [0.1, 0.15) is 0 Å². The first-order valence-corrected chi connectivity index (χ1v) is 7.64. The predicted octanol–water partition coefficient (Wildman–Crippen LogP) is 1.01. The van der Waals surface area contributed by atoms with E-state index in [0.29, 0.717) is 13.2 Å². The molecular formula is C13H22N2O4S. The van der Waals surface area contributed by atoms with Crippen LogP contribution in [0.15, 0.2) is 29.2 Å². The lowest BCUT2D eigenvalue weighted by Crippen LogP contribution is -2.26. The van der Waals surface area contributed by atoms with Crippen LogP contribution in [0.5, 0.6) is 0 Å². The van der Waals surface area contributed by atoms with E-state index in [1.807, 2.05) is 0 Å². The Balaban J connectivity index is 2.68. The van der Waals surface area contributed by atoms with Crippen molar-refractivity contribution in [1.82, 2.24) is 4.31 Å². The largest absolute Gasteiger partial charge is 0.382 e. The summed E-state index contributed by atoms with van der Waals surface area (Å²) in [6.45, 7) is 1.08. The van der Waals surface area contributed by atoms with E-state index in [2.05, 4.69) is 5.32 Å². The van der Waals surface area contributed by atoms with Crippen LogP contribution in [-0.2, 0) is 19.5 Å². The van der Waals surface area contributed by atoms with Crippen LogP contribution in [0.3, 0.4) is 0 Å². The van der Waals surface area contributed by atoms with Gasteiger partial charge < -0.3 is 14.8 Å². The van der Waals surface area contributed by atoms with Crippen molar-refractivity contribution >= 4 is 15.7 Å². The van der Waals surface area contributed by atoms with E-state index in [0.717, 1.165) is 5.69 Å². The zero-order valence-electron chi connectivity index (χ0n) is 12.3. The minimum absolute atomic E-state index is 0.0508. The molecule has 1 aromatic carbocycles. The molecule has 0 amide bonds. The summed E-state index contributed by atoms with van der Waals surface area (Å²) in [4.78, 5) is 0.272. The van der Waals surface area contributed by atoms with Gasteiger partial charge in [-0.1, -0.05) is 0 Å². The first-order chi connectivity index (χ1) is 9.41. The molecule has 0 radical (unpaired) electrons. The highest BCUT2D eigenvalue weighted by atomic mass is 32.2. The molecule has 0 aromatic heterocycles. The number of hydrogen-bond donors (Lipinski definition) is 1. The standard InChI is InChI=1S/C13H22N2O4S/c1-15(2)20(16,17)13-7-5-11(6-8-13)14-9-12(19-4)10-18-3/h5-8,12,14H,9-10H2,1-4H3. The van der Waals surface area contributed by atoms with Crippen LogP contribution in [0.25, 0.3) is 0 Å². The third-order valence-corrected chi connectivity index (χ3v) is 4.68. The van der Waals surface area contributed by atoms with E-state index in [4.69, 9.17) is 9.47 Å². The average Bonchev–Trinajstić information content (AvgIpc) is 2.43. The van der Waals surface area contributed by atoms with E-state index in [1.165, 1.54) is 18.4 Å². The highest BCUT2D eigenvalue weighted by molar-refractivity contribution is 7.89. The molecule has 0 aliphatic rings. The van der Waals surface area contributed by atoms with Crippen molar-refractivity contribution < 1.29 is 17.9 Å². The minimum Gasteiger partial charge on any atom is -0.382 e. The van der Waals surface area contributed by atoms with E-state index in [1.54, 1.807) is 38.5 Å². The van der Waals surface area contributed by atoms with Gasteiger partial charge in [0, 0.05) is 40.5 Å². The molecule has 20 heavy (non-hydrogen) atoms. The van der Waals surface area contributed by atoms with Crippen molar-refractivity contribution in [2.24, 2.45) is 0 Å². The van der Waals surface area contributed by atoms with Crippen molar-refractivity contribution in [3.63, 3.8) is 0 Å². The summed E-state index contributed by atoms with van der Waals surface area (Å²) in [5, 5.41) is 3.17. The van der Waals surface area contributed by atoms with E-state index < -0.39 is 10.0 Å². The number of rotatable bonds is 8. The van der Waals surface area contributed by atoms with E-state index in [9.17, 15) is 8.42 Å². The summed E-state index contributed by atoms with van der Waals surface area (Å²) in [5.74, 6) is 0. The lowest BCUT2D eigenvalue weighted by molar-refractivity contribution is 0.0365. The van der Waals surface area contributed by atoms with Gasteiger partial charge in [-0.15, -0.1) is 0 Å². The second-order valence-electron chi connectivity index (χ2n) is 4.51. The van der Waals surface area contributed by atoms with Gasteiger partial charge in [-0.2, -0.15) is 0 Å². The first-order valence-electron chi connectivity index (χ1n) is 6.20. The van der Waals surface area contributed by atoms with E-state index >= 15 is 0 Å². The Kier molecular flexibility index (Phi) is 6.41. The number of nitrogens with zero attached hydrogens (tertiary/aromatic N) is 1. The molecule has 1 atom stereocenters. The van der Waals surface area contributed by atoms with Crippen molar-refractivity contribution in [3.05, 3.63) is 24.3 Å². The van der Waals surface area contributed by atoms with Crippen LogP contribution < -0.4 is 5.32 Å². The summed E-state index contributed by atoms with van der Waals surface area (Å²) >= 11 is 0. The molecule has 1 aromatic rings. The number of sulfonamides is 1. The molecule has 0 bridgehead atoms. The Hall–Kier alpha value is -1.15. The van der Waals surface area contributed by atoms with Gasteiger partial charge in [0.1, 0.15) is 0 Å². The maximum Gasteiger partial charge on any atom is 0.242 e. The van der Waals surface area contributed by atoms with Gasteiger partial charge in [-0.05, 0) is 24.3 Å². The minimum atomic E-state index is -3.38. The number of methoxy groups -OCH3 is 2. The quantitative estimate of drug-likeness (QED) is 0.776. The SMILES string of the molecule is COCC(CNc1ccc(S(=O)(=O)N(C)C)cc1)OC. The number of nitrogens with one attached hydrogen (secondary N) is 1. The predicted molar refractivity (Wildman–Crippen MR) is 78.5 cm³/mol. The topological polar surface area (TPSA) is 67.9 Å². The van der Waals surface area contributed by atoms with Gasteiger partial charge in [0.15, 0.2) is 0 Å². The summed E-state index contributed by atoms with van der Waals surface area (Å²) < 4.78 is 35.3. The Morgan fingerprint density at radius 2 is 1.80 bits per heavy atom. The van der Waals surface area contributed by atoms with Crippen LogP contribution in [0.4, 0.5) is 5.69 Å². The normalized spacial score (nSPS) is 13.4. The third-order valence-electron chi connectivity index (χ3n) is 2.85. The van der Waals surface area contributed by atoms with Crippen molar-refractivity contribution in [1.29, 1.82) is 0 Å². The molecule has 1 unspecified atom stereocenters. The van der Waals surface area contributed by atoms with Gasteiger partial charge in [0.05, 0.1) is 17.6 Å². The second-order valence-corrected chi connectivity index (χ2v) is 6.66. The molecule has 0 saturated carbocycles. The first kappa shape index (κ1) is 16.9. The smallest absolute Gasteiger partial charge is 0.242 e. The highest BCUT2D eigenvalue weighted by Crippen LogP contribution is 2.16. The molecule has 6 nitrogen and oxygen atoms in total. The van der Waals surface area contributed by atoms with Gasteiger partial charge >= 0.3 is 0 Å². The Morgan fingerprint density at radius 3 is 2.25 bits per heavy atom. The molecule has 0 spiro atoms. The molecule has 114 valence electrons. The molecule has 1 N–H and O–H groups in total. The van der Waals surface area contributed by atoms with Gasteiger partial charge in [-0.3, -0.25) is 0 Å². The fraction of sp³-hybridized carbons (Fsp3) is 0.538. The van der Waals surface area contributed by atoms with Gasteiger partial charge in [0.2, 0.25) is 10.0 Å². The Morgan fingerprint density at radius 1 is 1.20 bits per heavy atom. The van der Waals surface area contributed by atoms with E-state index in [-0.39, 0.29) is 11.0 Å². The zero-order valence-corrected chi connectivity index (χ0v) is 13.1. The summed E-state index contributed by atoms with van der Waals surface area (Å²) in [6.07, 6.45) is -0.0508. The average molecular weight is 302 g/mol. The molecule has 0 fully saturated rings. The number of hydrogen-bond acceptors (Lipinski definition) is 5. The van der Waals surface area contributed by atoms with Crippen molar-refractivity contribution in [2.75, 3.05) is 46.8 Å². The van der Waals surface area contributed by atoms with Crippen molar-refractivity contribution in [3.8, 4) is 0 Å². The Bertz CT molecular complexity index is 500. The molecule has 1 rings (SSSR count). The van der Waals surface area contributed by atoms with Gasteiger partial charge in [0.25, 0.3) is 0 Å². The highest BCUT2D eigenvalue weighted by Gasteiger charge is 2.16. The molecule has 0 aliphatic carbocycles. The molecular weight excluding hydrogens is 280 g/mol.